The second-order valence-electron chi connectivity index (χ2n) is 2.15. The van der Waals surface area contributed by atoms with Crippen molar-refractivity contribution in [1.82, 2.24) is 9.97 Å². The van der Waals surface area contributed by atoms with Gasteiger partial charge in [-0.3, -0.25) is 0 Å². The Labute approximate surface area is 58.2 Å². The average molecular weight is 140 g/mol. The minimum Gasteiger partial charge on any atom is -0.344 e. The SMILES string of the molecule is CC1OC(c2ncc[nH]2)O1. The molecule has 0 saturated carbocycles. The van der Waals surface area contributed by atoms with Crippen LogP contribution in [0.2, 0.25) is 0 Å². The molecule has 1 aliphatic rings. The Bertz CT molecular complexity index is 204. The first-order valence-electron chi connectivity index (χ1n) is 3.16. The van der Waals surface area contributed by atoms with Crippen LogP contribution < -0.4 is 0 Å². The number of hydrogen-bond donors (Lipinski definition) is 1. The lowest BCUT2D eigenvalue weighted by Crippen LogP contribution is -2.32. The highest BCUT2D eigenvalue weighted by atomic mass is 16.9. The summed E-state index contributed by atoms with van der Waals surface area (Å²) in [6.45, 7) is 1.85. The number of nitrogens with zero attached hydrogens (tertiary/aromatic N) is 1. The minimum absolute atomic E-state index is 0.0879. The second kappa shape index (κ2) is 2.07. The van der Waals surface area contributed by atoms with Crippen molar-refractivity contribution < 1.29 is 9.47 Å². The second-order valence-corrected chi connectivity index (χ2v) is 2.15. The topological polar surface area (TPSA) is 47.1 Å². The van der Waals surface area contributed by atoms with Gasteiger partial charge in [-0.15, -0.1) is 0 Å². The Kier molecular flexibility index (Phi) is 1.22. The number of nitrogens with one attached hydrogen (secondary N) is 1. The summed E-state index contributed by atoms with van der Waals surface area (Å²) < 4.78 is 10.3. The minimum atomic E-state index is -0.273. The molecule has 0 aliphatic carbocycles. The van der Waals surface area contributed by atoms with Gasteiger partial charge in [-0.1, -0.05) is 0 Å². The molecule has 1 saturated heterocycles. The van der Waals surface area contributed by atoms with Gasteiger partial charge in [-0.05, 0) is 6.92 Å². The third-order valence-corrected chi connectivity index (χ3v) is 1.37. The number of H-pyrrole nitrogens is 1. The Morgan fingerprint density at radius 1 is 1.60 bits per heavy atom. The van der Waals surface area contributed by atoms with Gasteiger partial charge in [0, 0.05) is 12.4 Å². The smallest absolute Gasteiger partial charge is 0.221 e. The maximum absolute atomic E-state index is 5.17. The summed E-state index contributed by atoms with van der Waals surface area (Å²) in [7, 11) is 0. The predicted octanol–water partition coefficient (Wildman–Crippen LogP) is 0.801. The Morgan fingerprint density at radius 2 is 2.40 bits per heavy atom. The highest BCUT2D eigenvalue weighted by molar-refractivity contribution is 4.90. The fraction of sp³-hybridized carbons (Fsp3) is 0.500. The van der Waals surface area contributed by atoms with E-state index >= 15 is 0 Å². The molecular formula is C6H8N2O2. The van der Waals surface area contributed by atoms with Gasteiger partial charge in [0.05, 0.1) is 0 Å². The Hall–Kier alpha value is -0.870. The van der Waals surface area contributed by atoms with E-state index in [0.29, 0.717) is 0 Å². The van der Waals surface area contributed by atoms with E-state index in [4.69, 9.17) is 9.47 Å². The molecule has 0 aromatic carbocycles. The molecule has 0 spiro atoms. The van der Waals surface area contributed by atoms with Gasteiger partial charge in [-0.25, -0.2) is 4.98 Å². The van der Waals surface area contributed by atoms with Crippen LogP contribution in [-0.4, -0.2) is 16.3 Å². The molecule has 4 heteroatoms. The molecule has 1 fully saturated rings. The van der Waals surface area contributed by atoms with Crippen molar-refractivity contribution in [3.63, 3.8) is 0 Å². The van der Waals surface area contributed by atoms with E-state index in [1.165, 1.54) is 0 Å². The molecule has 10 heavy (non-hydrogen) atoms. The predicted molar refractivity (Wildman–Crippen MR) is 33.0 cm³/mol. The van der Waals surface area contributed by atoms with Crippen molar-refractivity contribution in [3.05, 3.63) is 18.2 Å². The van der Waals surface area contributed by atoms with Crippen LogP contribution in [0, 0.1) is 0 Å². The zero-order chi connectivity index (χ0) is 6.97. The van der Waals surface area contributed by atoms with Crippen molar-refractivity contribution in [2.24, 2.45) is 0 Å². The molecule has 4 nitrogen and oxygen atoms in total. The van der Waals surface area contributed by atoms with Gasteiger partial charge in [0.2, 0.25) is 6.29 Å². The molecule has 0 unspecified atom stereocenters. The third kappa shape index (κ3) is 0.815. The fourth-order valence-electron chi connectivity index (χ4n) is 0.894. The highest BCUT2D eigenvalue weighted by Gasteiger charge is 2.29. The lowest BCUT2D eigenvalue weighted by Gasteiger charge is -2.31. The van der Waals surface area contributed by atoms with Gasteiger partial charge in [0.15, 0.2) is 12.1 Å². The highest BCUT2D eigenvalue weighted by Crippen LogP contribution is 2.28. The summed E-state index contributed by atoms with van der Waals surface area (Å²) in [5.41, 5.74) is 0. The molecule has 1 N–H and O–H groups in total. The van der Waals surface area contributed by atoms with Gasteiger partial charge < -0.3 is 14.5 Å². The molecule has 2 heterocycles. The molecular weight excluding hydrogens is 132 g/mol. The summed E-state index contributed by atoms with van der Waals surface area (Å²) >= 11 is 0. The lowest BCUT2D eigenvalue weighted by atomic mass is 10.5. The molecule has 0 amide bonds. The molecule has 1 aliphatic heterocycles. The van der Waals surface area contributed by atoms with Crippen LogP contribution in [0.1, 0.15) is 19.0 Å². The standard InChI is InChI=1S/C6H8N2O2/c1-4-9-6(10-4)5-7-2-3-8-5/h2-4,6H,1H3,(H,7,8). The van der Waals surface area contributed by atoms with E-state index in [0.717, 1.165) is 5.82 Å². The normalized spacial score (nSPS) is 31.7. The van der Waals surface area contributed by atoms with Gasteiger partial charge in [-0.2, -0.15) is 0 Å². The van der Waals surface area contributed by atoms with E-state index < -0.39 is 0 Å². The number of hydrogen-bond acceptors (Lipinski definition) is 3. The lowest BCUT2D eigenvalue weighted by molar-refractivity contribution is -0.385. The van der Waals surface area contributed by atoms with E-state index in [9.17, 15) is 0 Å². The summed E-state index contributed by atoms with van der Waals surface area (Å²) in [5, 5.41) is 0. The summed E-state index contributed by atoms with van der Waals surface area (Å²) in [6, 6.07) is 0. The maximum Gasteiger partial charge on any atom is 0.221 e. The zero-order valence-corrected chi connectivity index (χ0v) is 5.57. The van der Waals surface area contributed by atoms with E-state index in [1.54, 1.807) is 12.4 Å². The molecule has 1 aromatic rings. The maximum atomic E-state index is 5.17. The zero-order valence-electron chi connectivity index (χ0n) is 5.57. The van der Waals surface area contributed by atoms with Crippen LogP contribution >= 0.6 is 0 Å². The molecule has 0 radical (unpaired) electrons. The number of ether oxygens (including phenoxy) is 2. The van der Waals surface area contributed by atoms with Crippen molar-refractivity contribution in [1.29, 1.82) is 0 Å². The fourth-order valence-corrected chi connectivity index (χ4v) is 0.894. The number of aromatic nitrogens is 2. The van der Waals surface area contributed by atoms with Crippen molar-refractivity contribution in [2.75, 3.05) is 0 Å². The van der Waals surface area contributed by atoms with Gasteiger partial charge >= 0.3 is 0 Å². The summed E-state index contributed by atoms with van der Waals surface area (Å²) in [5.74, 6) is 0.734. The largest absolute Gasteiger partial charge is 0.344 e. The van der Waals surface area contributed by atoms with Crippen LogP contribution in [0.5, 0.6) is 0 Å². The van der Waals surface area contributed by atoms with E-state index in [1.807, 2.05) is 6.92 Å². The summed E-state index contributed by atoms with van der Waals surface area (Å²) in [6.07, 6.45) is 3.05. The van der Waals surface area contributed by atoms with Crippen molar-refractivity contribution in [2.45, 2.75) is 19.5 Å². The van der Waals surface area contributed by atoms with E-state index in [2.05, 4.69) is 9.97 Å². The molecule has 1 aromatic heterocycles. The monoisotopic (exact) mass is 140 g/mol. The molecule has 54 valence electrons. The first-order chi connectivity index (χ1) is 4.86. The van der Waals surface area contributed by atoms with Crippen LogP contribution in [0.4, 0.5) is 0 Å². The van der Waals surface area contributed by atoms with Crippen molar-refractivity contribution in [3.8, 4) is 0 Å². The van der Waals surface area contributed by atoms with Gasteiger partial charge in [0.1, 0.15) is 0 Å². The van der Waals surface area contributed by atoms with E-state index in [-0.39, 0.29) is 12.6 Å². The Balaban J connectivity index is 2.04. The molecule has 0 bridgehead atoms. The van der Waals surface area contributed by atoms with Crippen molar-refractivity contribution >= 4 is 0 Å². The van der Waals surface area contributed by atoms with Crippen LogP contribution in [0.25, 0.3) is 0 Å². The van der Waals surface area contributed by atoms with Crippen LogP contribution in [-0.2, 0) is 9.47 Å². The average Bonchev–Trinajstić information content (AvgIpc) is 2.31. The van der Waals surface area contributed by atoms with Crippen LogP contribution in [0.15, 0.2) is 12.4 Å². The summed E-state index contributed by atoms with van der Waals surface area (Å²) in [4.78, 5) is 6.87. The number of aromatic amines is 1. The molecule has 2 rings (SSSR count). The quantitative estimate of drug-likeness (QED) is 0.627. The first kappa shape index (κ1) is 5.88. The van der Waals surface area contributed by atoms with Gasteiger partial charge in [0.25, 0.3) is 0 Å². The first-order valence-corrected chi connectivity index (χ1v) is 3.16. The Morgan fingerprint density at radius 3 is 2.90 bits per heavy atom. The van der Waals surface area contributed by atoms with Crippen LogP contribution in [0.3, 0.4) is 0 Å². The number of imidazole rings is 1. The number of rotatable bonds is 1. The molecule has 0 atom stereocenters. The third-order valence-electron chi connectivity index (χ3n) is 1.37.